The van der Waals surface area contributed by atoms with Gasteiger partial charge in [0.25, 0.3) is 15.9 Å². The summed E-state index contributed by atoms with van der Waals surface area (Å²) in [6.07, 6.45) is 0. The number of aromatic nitrogens is 1. The summed E-state index contributed by atoms with van der Waals surface area (Å²) < 4.78 is 36.9. The van der Waals surface area contributed by atoms with Gasteiger partial charge in [-0.3, -0.25) is 4.79 Å². The number of piperazine rings is 1. The fourth-order valence-electron chi connectivity index (χ4n) is 3.38. The molecule has 162 valence electrons. The van der Waals surface area contributed by atoms with E-state index in [9.17, 15) is 18.0 Å². The van der Waals surface area contributed by atoms with Crippen LogP contribution in [0.15, 0.2) is 58.0 Å². The molecule has 3 aromatic rings. The summed E-state index contributed by atoms with van der Waals surface area (Å²) in [6, 6.07) is 13.5. The van der Waals surface area contributed by atoms with Gasteiger partial charge in [0, 0.05) is 31.6 Å². The van der Waals surface area contributed by atoms with Crippen LogP contribution < -0.4 is 0 Å². The average molecular weight is 443 g/mol. The molecule has 1 fully saturated rings. The molecule has 31 heavy (non-hydrogen) atoms. The third kappa shape index (κ3) is 4.17. The molecule has 10 heteroatoms. The normalized spacial score (nSPS) is 15.2. The summed E-state index contributed by atoms with van der Waals surface area (Å²) in [7, 11) is -3.93. The van der Waals surface area contributed by atoms with Crippen LogP contribution in [0.4, 0.5) is 0 Å². The van der Waals surface area contributed by atoms with Gasteiger partial charge in [0.1, 0.15) is 5.69 Å². The van der Waals surface area contributed by atoms with E-state index in [1.54, 1.807) is 17.9 Å². The SMILES string of the molecule is CCOC(=O)c1ccc(S(=O)(=O)N2CCN(C(=O)c3ccc4ccccc4n3)CC2)o1. The monoisotopic (exact) mass is 443 g/mol. The summed E-state index contributed by atoms with van der Waals surface area (Å²) in [5.41, 5.74) is 1.05. The Bertz CT molecular complexity index is 1230. The molecule has 0 radical (unpaired) electrons. The molecule has 0 N–H and O–H groups in total. The lowest BCUT2D eigenvalue weighted by Gasteiger charge is -2.33. The number of para-hydroxylation sites is 1. The molecule has 0 spiro atoms. The molecule has 0 bridgehead atoms. The Kier molecular flexibility index (Phi) is 5.75. The van der Waals surface area contributed by atoms with E-state index in [-0.39, 0.29) is 49.5 Å². The fourth-order valence-corrected chi connectivity index (χ4v) is 4.71. The van der Waals surface area contributed by atoms with E-state index in [2.05, 4.69) is 4.98 Å². The number of hydrogen-bond acceptors (Lipinski definition) is 7. The molecular formula is C21H21N3O6S. The number of rotatable bonds is 5. The van der Waals surface area contributed by atoms with Crippen LogP contribution in [0.5, 0.6) is 0 Å². The number of sulfonamides is 1. The second-order valence-corrected chi connectivity index (χ2v) is 8.79. The summed E-state index contributed by atoms with van der Waals surface area (Å²) in [4.78, 5) is 30.6. The van der Waals surface area contributed by atoms with Crippen molar-refractivity contribution in [2.45, 2.75) is 12.0 Å². The molecular weight excluding hydrogens is 422 g/mol. The maximum atomic E-state index is 12.8. The number of ether oxygens (including phenoxy) is 1. The molecule has 1 amide bonds. The van der Waals surface area contributed by atoms with Gasteiger partial charge >= 0.3 is 5.97 Å². The number of hydrogen-bond donors (Lipinski definition) is 0. The lowest BCUT2D eigenvalue weighted by Crippen LogP contribution is -2.50. The van der Waals surface area contributed by atoms with E-state index in [1.807, 2.05) is 30.3 Å². The van der Waals surface area contributed by atoms with Crippen molar-refractivity contribution in [2.75, 3.05) is 32.8 Å². The number of amides is 1. The molecule has 4 rings (SSSR count). The summed E-state index contributed by atoms with van der Waals surface area (Å²) >= 11 is 0. The summed E-state index contributed by atoms with van der Waals surface area (Å²) in [6.45, 7) is 2.46. The number of fused-ring (bicyclic) bond motifs is 1. The van der Waals surface area contributed by atoms with Gasteiger partial charge in [0.2, 0.25) is 10.9 Å². The van der Waals surface area contributed by atoms with Crippen molar-refractivity contribution in [1.82, 2.24) is 14.2 Å². The third-order valence-corrected chi connectivity index (χ3v) is 6.77. The Balaban J connectivity index is 1.43. The third-order valence-electron chi connectivity index (χ3n) is 5.00. The lowest BCUT2D eigenvalue weighted by atomic mass is 10.2. The van der Waals surface area contributed by atoms with Crippen LogP contribution in [-0.4, -0.2) is 67.3 Å². The molecule has 0 aliphatic carbocycles. The maximum absolute atomic E-state index is 12.8. The molecule has 0 atom stereocenters. The number of pyridine rings is 1. The van der Waals surface area contributed by atoms with Crippen LogP contribution in [-0.2, 0) is 14.8 Å². The number of furan rings is 1. The Morgan fingerprint density at radius 3 is 2.52 bits per heavy atom. The van der Waals surface area contributed by atoms with Crippen LogP contribution in [0.25, 0.3) is 10.9 Å². The molecule has 2 aromatic heterocycles. The van der Waals surface area contributed by atoms with Crippen molar-refractivity contribution >= 4 is 32.8 Å². The minimum Gasteiger partial charge on any atom is -0.460 e. The number of benzene rings is 1. The fraction of sp³-hybridized carbons (Fsp3) is 0.286. The zero-order valence-electron chi connectivity index (χ0n) is 16.9. The molecule has 1 aliphatic rings. The van der Waals surface area contributed by atoms with Crippen LogP contribution in [0, 0.1) is 0 Å². The Hall–Kier alpha value is -3.24. The number of carbonyl (C=O) groups excluding carboxylic acids is 2. The van der Waals surface area contributed by atoms with E-state index in [0.717, 1.165) is 10.9 Å². The quantitative estimate of drug-likeness (QED) is 0.556. The highest BCUT2D eigenvalue weighted by Gasteiger charge is 2.33. The van der Waals surface area contributed by atoms with Crippen molar-refractivity contribution in [1.29, 1.82) is 0 Å². The van der Waals surface area contributed by atoms with Crippen molar-refractivity contribution in [3.05, 3.63) is 60.0 Å². The Morgan fingerprint density at radius 1 is 1.03 bits per heavy atom. The molecule has 0 saturated carbocycles. The van der Waals surface area contributed by atoms with E-state index >= 15 is 0 Å². The van der Waals surface area contributed by atoms with Gasteiger partial charge in [-0.15, -0.1) is 0 Å². The number of nitrogens with zero attached hydrogens (tertiary/aromatic N) is 3. The predicted octanol–water partition coefficient (Wildman–Crippen LogP) is 2.15. The predicted molar refractivity (Wildman–Crippen MR) is 111 cm³/mol. The van der Waals surface area contributed by atoms with Crippen LogP contribution >= 0.6 is 0 Å². The molecule has 1 aromatic carbocycles. The molecule has 0 unspecified atom stereocenters. The number of carbonyl (C=O) groups is 2. The van der Waals surface area contributed by atoms with Crippen LogP contribution in [0.3, 0.4) is 0 Å². The molecule has 1 aliphatic heterocycles. The zero-order chi connectivity index (χ0) is 22.0. The largest absolute Gasteiger partial charge is 0.460 e. The Labute approximate surface area is 179 Å². The van der Waals surface area contributed by atoms with Crippen LogP contribution in [0.1, 0.15) is 28.0 Å². The highest BCUT2D eigenvalue weighted by Crippen LogP contribution is 2.21. The van der Waals surface area contributed by atoms with Gasteiger partial charge in [-0.2, -0.15) is 4.31 Å². The summed E-state index contributed by atoms with van der Waals surface area (Å²) in [5.74, 6) is -1.13. The average Bonchev–Trinajstić information content (AvgIpc) is 3.30. The minimum absolute atomic E-state index is 0.108. The first-order valence-corrected chi connectivity index (χ1v) is 11.3. The van der Waals surface area contributed by atoms with Gasteiger partial charge < -0.3 is 14.1 Å². The Morgan fingerprint density at radius 2 is 1.77 bits per heavy atom. The first-order valence-electron chi connectivity index (χ1n) is 9.82. The van der Waals surface area contributed by atoms with Gasteiger partial charge in [-0.25, -0.2) is 18.2 Å². The highest BCUT2D eigenvalue weighted by atomic mass is 32.2. The first-order chi connectivity index (χ1) is 14.9. The topological polar surface area (TPSA) is 110 Å². The smallest absolute Gasteiger partial charge is 0.374 e. The van der Waals surface area contributed by atoms with Gasteiger partial charge in [-0.1, -0.05) is 24.3 Å². The van der Waals surface area contributed by atoms with Gasteiger partial charge in [-0.05, 0) is 31.2 Å². The van der Waals surface area contributed by atoms with Crippen molar-refractivity contribution in [2.24, 2.45) is 0 Å². The highest BCUT2D eigenvalue weighted by molar-refractivity contribution is 7.89. The molecule has 9 nitrogen and oxygen atoms in total. The molecule has 1 saturated heterocycles. The van der Waals surface area contributed by atoms with Crippen molar-refractivity contribution < 1.29 is 27.2 Å². The first kappa shape index (κ1) is 21.0. The van der Waals surface area contributed by atoms with E-state index in [1.165, 1.54) is 16.4 Å². The van der Waals surface area contributed by atoms with Crippen LogP contribution in [0.2, 0.25) is 0 Å². The van der Waals surface area contributed by atoms with Gasteiger partial charge in [0.15, 0.2) is 0 Å². The van der Waals surface area contributed by atoms with E-state index < -0.39 is 16.0 Å². The lowest BCUT2D eigenvalue weighted by molar-refractivity contribution is 0.0483. The van der Waals surface area contributed by atoms with E-state index in [4.69, 9.17) is 9.15 Å². The van der Waals surface area contributed by atoms with Crippen molar-refractivity contribution in [3.8, 4) is 0 Å². The maximum Gasteiger partial charge on any atom is 0.374 e. The second-order valence-electron chi connectivity index (χ2n) is 6.92. The minimum atomic E-state index is -3.93. The van der Waals surface area contributed by atoms with E-state index in [0.29, 0.717) is 5.69 Å². The second kappa shape index (κ2) is 8.48. The standard InChI is InChI=1S/C21H21N3O6S/c1-2-29-21(26)18-9-10-19(30-18)31(27,28)24-13-11-23(12-14-24)20(25)17-8-7-15-5-3-4-6-16(15)22-17/h3-10H,2,11-14H2,1H3. The zero-order valence-corrected chi connectivity index (χ0v) is 17.7. The van der Waals surface area contributed by atoms with Crippen molar-refractivity contribution in [3.63, 3.8) is 0 Å². The molecule has 3 heterocycles. The number of esters is 1. The van der Waals surface area contributed by atoms with Gasteiger partial charge in [0.05, 0.1) is 12.1 Å². The summed E-state index contributed by atoms with van der Waals surface area (Å²) in [5, 5.41) is 0.613.